The first-order chi connectivity index (χ1) is 8.20. The van der Waals surface area contributed by atoms with Crippen LogP contribution in [0, 0.1) is 0 Å². The van der Waals surface area contributed by atoms with Gasteiger partial charge in [-0.05, 0) is 25.0 Å². The highest BCUT2D eigenvalue weighted by Gasteiger charge is 2.15. The van der Waals surface area contributed by atoms with Crippen LogP contribution in [0.3, 0.4) is 0 Å². The average molecular weight is 250 g/mol. The van der Waals surface area contributed by atoms with Gasteiger partial charge < -0.3 is 4.52 Å². The first-order valence-corrected chi connectivity index (χ1v) is 7.66. The van der Waals surface area contributed by atoms with Gasteiger partial charge >= 0.3 is 0 Å². The van der Waals surface area contributed by atoms with Gasteiger partial charge in [-0.1, -0.05) is 44.2 Å². The zero-order valence-electron chi connectivity index (χ0n) is 10.4. The van der Waals surface area contributed by atoms with Crippen LogP contribution in [-0.2, 0) is 4.57 Å². The number of rotatable bonds is 6. The number of hydrogen-bond acceptors (Lipinski definition) is 2. The van der Waals surface area contributed by atoms with Crippen molar-refractivity contribution in [2.24, 2.45) is 0 Å². The fourth-order valence-electron chi connectivity index (χ4n) is 1.26. The molecule has 2 nitrogen and oxygen atoms in total. The molecule has 0 bridgehead atoms. The number of allylic oxidation sites excluding steroid dienone is 2. The molecule has 0 aliphatic heterocycles. The minimum atomic E-state index is -2.84. The van der Waals surface area contributed by atoms with E-state index in [1.54, 1.807) is 11.6 Å². The lowest BCUT2D eigenvalue weighted by Crippen LogP contribution is -1.87. The lowest BCUT2D eigenvalue weighted by atomic mass is 10.3. The van der Waals surface area contributed by atoms with E-state index >= 15 is 0 Å². The zero-order valence-corrected chi connectivity index (χ0v) is 11.3. The molecule has 1 rings (SSSR count). The lowest BCUT2D eigenvalue weighted by Gasteiger charge is -2.12. The quantitative estimate of drug-likeness (QED) is 0.649. The van der Waals surface area contributed by atoms with Crippen LogP contribution in [0.5, 0.6) is 5.75 Å². The zero-order chi connectivity index (χ0) is 12.6. The van der Waals surface area contributed by atoms with Gasteiger partial charge in [0, 0.05) is 11.6 Å². The third-order valence-electron chi connectivity index (χ3n) is 2.09. The molecule has 0 unspecified atom stereocenters. The maximum Gasteiger partial charge on any atom is 0.292 e. The molecule has 0 heterocycles. The molecule has 0 aliphatic carbocycles. The first-order valence-electron chi connectivity index (χ1n) is 5.89. The highest BCUT2D eigenvalue weighted by Crippen LogP contribution is 2.50. The highest BCUT2D eigenvalue weighted by atomic mass is 31.2. The van der Waals surface area contributed by atoms with Crippen molar-refractivity contribution in [1.82, 2.24) is 0 Å². The Labute approximate surface area is 103 Å². The first kappa shape index (κ1) is 13.8. The largest absolute Gasteiger partial charge is 0.438 e. The Morgan fingerprint density at radius 2 is 1.59 bits per heavy atom. The van der Waals surface area contributed by atoms with E-state index in [1.165, 1.54) is 0 Å². The Kier molecular flexibility index (Phi) is 5.79. The number of hydrogen-bond donors (Lipinski definition) is 0. The molecule has 0 spiro atoms. The molecule has 1 aromatic rings. The van der Waals surface area contributed by atoms with Crippen molar-refractivity contribution in [3.63, 3.8) is 0 Å². The van der Waals surface area contributed by atoms with Gasteiger partial charge in [-0.15, -0.1) is 0 Å². The molecular formula is C14H19O2P. The number of para-hydroxylation sites is 1. The van der Waals surface area contributed by atoms with Gasteiger partial charge in [0.1, 0.15) is 5.75 Å². The monoisotopic (exact) mass is 250 g/mol. The summed E-state index contributed by atoms with van der Waals surface area (Å²) in [6.45, 7) is 4.01. The van der Waals surface area contributed by atoms with Crippen molar-refractivity contribution in [1.29, 1.82) is 0 Å². The van der Waals surface area contributed by atoms with Crippen molar-refractivity contribution in [2.45, 2.75) is 26.7 Å². The van der Waals surface area contributed by atoms with Gasteiger partial charge in [0.15, 0.2) is 0 Å². The normalized spacial score (nSPS) is 15.2. The molecule has 0 N–H and O–H groups in total. The fourth-order valence-corrected chi connectivity index (χ4v) is 2.94. The second-order valence-electron chi connectivity index (χ2n) is 3.64. The van der Waals surface area contributed by atoms with Crippen LogP contribution < -0.4 is 4.52 Å². The number of benzene rings is 1. The molecule has 0 aliphatic rings. The van der Waals surface area contributed by atoms with Crippen LogP contribution in [0.25, 0.3) is 0 Å². The Morgan fingerprint density at radius 1 is 1.06 bits per heavy atom. The van der Waals surface area contributed by atoms with Crippen LogP contribution >= 0.6 is 7.37 Å². The predicted octanol–water partition coefficient (Wildman–Crippen LogP) is 5.19. The minimum Gasteiger partial charge on any atom is -0.438 e. The molecule has 1 aromatic carbocycles. The van der Waals surface area contributed by atoms with Crippen LogP contribution in [0.4, 0.5) is 0 Å². The predicted molar refractivity (Wildman–Crippen MR) is 73.5 cm³/mol. The highest BCUT2D eigenvalue weighted by molar-refractivity contribution is 7.65. The van der Waals surface area contributed by atoms with Crippen molar-refractivity contribution in [2.75, 3.05) is 0 Å². The smallest absolute Gasteiger partial charge is 0.292 e. The molecule has 3 heteroatoms. The van der Waals surface area contributed by atoms with Crippen molar-refractivity contribution >= 4 is 7.37 Å². The maximum atomic E-state index is 12.5. The maximum absolute atomic E-state index is 12.5. The van der Waals surface area contributed by atoms with Crippen molar-refractivity contribution < 1.29 is 9.09 Å². The lowest BCUT2D eigenvalue weighted by molar-refractivity contribution is 0.501. The Balaban J connectivity index is 2.88. The third-order valence-corrected chi connectivity index (χ3v) is 3.84. The standard InChI is InChI=1S/C14H19O2P/c1-3-5-12-17(15,13-6-4-2)16-14-10-8-7-9-11-14/h5-13H,3-4H2,1-2H3. The molecule has 0 radical (unpaired) electrons. The van der Waals surface area contributed by atoms with Gasteiger partial charge in [-0.2, -0.15) is 0 Å². The molecule has 0 amide bonds. The van der Waals surface area contributed by atoms with Crippen LogP contribution in [-0.4, -0.2) is 0 Å². The summed E-state index contributed by atoms with van der Waals surface area (Å²) < 4.78 is 18.1. The molecule has 0 saturated heterocycles. The molecular weight excluding hydrogens is 231 g/mol. The van der Waals surface area contributed by atoms with Gasteiger partial charge in [-0.25, -0.2) is 0 Å². The van der Waals surface area contributed by atoms with E-state index in [0.717, 1.165) is 12.8 Å². The molecule has 0 saturated carbocycles. The summed E-state index contributed by atoms with van der Waals surface area (Å²) in [7, 11) is -2.84. The van der Waals surface area contributed by atoms with E-state index in [1.807, 2.05) is 56.3 Å². The van der Waals surface area contributed by atoms with Gasteiger partial charge in [0.25, 0.3) is 7.37 Å². The Hall–Kier alpha value is -1.27. The molecule has 0 aromatic heterocycles. The fraction of sp³-hybridized carbons (Fsp3) is 0.286. The van der Waals surface area contributed by atoms with E-state index in [4.69, 9.17) is 4.52 Å². The average Bonchev–Trinajstić information content (AvgIpc) is 2.35. The molecule has 0 atom stereocenters. The van der Waals surface area contributed by atoms with E-state index < -0.39 is 7.37 Å². The molecule has 92 valence electrons. The summed E-state index contributed by atoms with van der Waals surface area (Å²) in [6.07, 6.45) is 5.46. The summed E-state index contributed by atoms with van der Waals surface area (Å²) in [5.41, 5.74) is 0. The topological polar surface area (TPSA) is 26.3 Å². The van der Waals surface area contributed by atoms with Crippen LogP contribution in [0.1, 0.15) is 26.7 Å². The van der Waals surface area contributed by atoms with Crippen LogP contribution in [0.15, 0.2) is 54.1 Å². The summed E-state index contributed by atoms with van der Waals surface area (Å²) in [5.74, 6) is 3.98. The van der Waals surface area contributed by atoms with Gasteiger partial charge in [0.05, 0.1) is 0 Å². The van der Waals surface area contributed by atoms with E-state index in [-0.39, 0.29) is 0 Å². The third kappa shape index (κ3) is 5.06. The summed E-state index contributed by atoms with van der Waals surface area (Å²) in [4.78, 5) is 0. The van der Waals surface area contributed by atoms with E-state index in [9.17, 15) is 4.57 Å². The van der Waals surface area contributed by atoms with Gasteiger partial charge in [-0.3, -0.25) is 4.57 Å². The SMILES string of the molecule is CCC=CP(=O)(C=CCC)Oc1ccccc1. The van der Waals surface area contributed by atoms with E-state index in [2.05, 4.69) is 0 Å². The minimum absolute atomic E-state index is 0.636. The second kappa shape index (κ2) is 7.13. The Bertz CT molecular complexity index is 403. The summed E-state index contributed by atoms with van der Waals surface area (Å²) in [6, 6.07) is 9.26. The van der Waals surface area contributed by atoms with Crippen molar-refractivity contribution in [3.8, 4) is 5.75 Å². The Morgan fingerprint density at radius 3 is 2.06 bits per heavy atom. The van der Waals surface area contributed by atoms with Crippen LogP contribution in [0.2, 0.25) is 0 Å². The molecule has 17 heavy (non-hydrogen) atoms. The van der Waals surface area contributed by atoms with Crippen molar-refractivity contribution in [3.05, 3.63) is 54.1 Å². The summed E-state index contributed by atoms with van der Waals surface area (Å²) >= 11 is 0. The second-order valence-corrected chi connectivity index (χ2v) is 5.70. The van der Waals surface area contributed by atoms with E-state index in [0.29, 0.717) is 5.75 Å². The summed E-state index contributed by atoms with van der Waals surface area (Å²) in [5, 5.41) is 0. The molecule has 0 fully saturated rings. The van der Waals surface area contributed by atoms with Gasteiger partial charge in [0.2, 0.25) is 0 Å².